The van der Waals surface area contributed by atoms with Crippen LogP contribution < -0.4 is 5.32 Å². The molecule has 0 aliphatic carbocycles. The van der Waals surface area contributed by atoms with Crippen molar-refractivity contribution >= 4 is 26.0 Å². The molecule has 0 spiro atoms. The third-order valence-corrected chi connectivity index (χ3v) is 5.76. The zero-order chi connectivity index (χ0) is 14.8. The number of aryl methyl sites for hydroxylation is 1. The van der Waals surface area contributed by atoms with Crippen LogP contribution in [-0.4, -0.2) is 52.1 Å². The second kappa shape index (κ2) is 6.53. The molecule has 1 saturated heterocycles. The molecule has 1 atom stereocenters. The van der Waals surface area contributed by atoms with Gasteiger partial charge in [0, 0.05) is 31.2 Å². The van der Waals surface area contributed by atoms with Crippen molar-refractivity contribution in [3.63, 3.8) is 0 Å². The van der Waals surface area contributed by atoms with Crippen molar-refractivity contribution in [2.75, 3.05) is 33.3 Å². The van der Waals surface area contributed by atoms with E-state index in [0.717, 1.165) is 16.6 Å². The average molecular weight is 363 g/mol. The van der Waals surface area contributed by atoms with Crippen LogP contribution in [0.3, 0.4) is 0 Å². The summed E-state index contributed by atoms with van der Waals surface area (Å²) in [5, 5.41) is 3.20. The number of halogens is 1. The molecule has 2 rings (SSSR count). The fourth-order valence-corrected chi connectivity index (χ4v) is 4.10. The summed E-state index contributed by atoms with van der Waals surface area (Å²) >= 11 is 3.32. The van der Waals surface area contributed by atoms with Gasteiger partial charge in [-0.15, -0.1) is 0 Å². The van der Waals surface area contributed by atoms with Crippen molar-refractivity contribution in [2.45, 2.75) is 17.9 Å². The van der Waals surface area contributed by atoms with Crippen LogP contribution in [0.5, 0.6) is 0 Å². The fourth-order valence-electron chi connectivity index (χ4n) is 2.14. The van der Waals surface area contributed by atoms with E-state index in [9.17, 15) is 8.42 Å². The Hall–Kier alpha value is -0.470. The fraction of sp³-hybridized carbons (Fsp3) is 0.538. The lowest BCUT2D eigenvalue weighted by atomic mass is 10.2. The summed E-state index contributed by atoms with van der Waals surface area (Å²) in [4.78, 5) is 0.332. The van der Waals surface area contributed by atoms with E-state index in [4.69, 9.17) is 4.74 Å². The highest BCUT2D eigenvalue weighted by Crippen LogP contribution is 2.23. The normalized spacial score (nSPS) is 20.3. The van der Waals surface area contributed by atoms with Gasteiger partial charge in [-0.05, 0) is 24.6 Å². The highest BCUT2D eigenvalue weighted by Gasteiger charge is 2.26. The number of rotatable bonds is 4. The summed E-state index contributed by atoms with van der Waals surface area (Å²) in [6.45, 7) is 4.26. The van der Waals surface area contributed by atoms with Gasteiger partial charge in [-0.2, -0.15) is 4.31 Å². The minimum atomic E-state index is -3.50. The largest absolute Gasteiger partial charge is 0.374 e. The predicted octanol–water partition coefficient (Wildman–Crippen LogP) is 1.37. The quantitative estimate of drug-likeness (QED) is 0.878. The Bertz CT molecular complexity index is 571. The van der Waals surface area contributed by atoms with E-state index in [1.165, 1.54) is 4.31 Å². The van der Waals surface area contributed by atoms with Gasteiger partial charge in [-0.3, -0.25) is 0 Å². The van der Waals surface area contributed by atoms with Crippen LogP contribution in [0.1, 0.15) is 5.56 Å². The molecule has 0 aromatic heterocycles. The molecule has 0 radical (unpaired) electrons. The smallest absolute Gasteiger partial charge is 0.243 e. The standard InChI is InChI=1S/C13H19BrN2O3S/c1-10-3-4-11(14)7-13(10)20(17,18)16(2)9-12-8-15-5-6-19-12/h3-4,7,12,15H,5-6,8-9H2,1-2H3. The van der Waals surface area contributed by atoms with E-state index in [0.29, 0.717) is 24.6 Å². The van der Waals surface area contributed by atoms with E-state index < -0.39 is 10.0 Å². The molecule has 1 aliphatic heterocycles. The minimum absolute atomic E-state index is 0.101. The van der Waals surface area contributed by atoms with Gasteiger partial charge in [0.2, 0.25) is 10.0 Å². The molecule has 1 aromatic rings. The van der Waals surface area contributed by atoms with Crippen LogP contribution in [0.15, 0.2) is 27.6 Å². The summed E-state index contributed by atoms with van der Waals surface area (Å²) in [7, 11) is -1.91. The van der Waals surface area contributed by atoms with E-state index in [-0.39, 0.29) is 6.10 Å². The molecule has 1 heterocycles. The molecular formula is C13H19BrN2O3S. The molecule has 1 aromatic carbocycles. The van der Waals surface area contributed by atoms with E-state index in [1.54, 1.807) is 26.1 Å². The first-order chi connectivity index (χ1) is 9.41. The number of morpholine rings is 1. The summed E-state index contributed by atoms with van der Waals surface area (Å²) < 4.78 is 32.9. The molecule has 1 N–H and O–H groups in total. The Balaban J connectivity index is 2.18. The van der Waals surface area contributed by atoms with Crippen molar-refractivity contribution in [1.29, 1.82) is 0 Å². The van der Waals surface area contributed by atoms with Crippen LogP contribution in [0.4, 0.5) is 0 Å². The Labute approximate surface area is 128 Å². The van der Waals surface area contributed by atoms with Crippen LogP contribution in [-0.2, 0) is 14.8 Å². The van der Waals surface area contributed by atoms with Crippen molar-refractivity contribution in [3.05, 3.63) is 28.2 Å². The van der Waals surface area contributed by atoms with E-state index in [2.05, 4.69) is 21.2 Å². The number of likely N-dealkylation sites (N-methyl/N-ethyl adjacent to an activating group) is 1. The maximum Gasteiger partial charge on any atom is 0.243 e. The second-order valence-electron chi connectivity index (χ2n) is 4.89. The Morgan fingerprint density at radius 2 is 2.25 bits per heavy atom. The van der Waals surface area contributed by atoms with Crippen LogP contribution in [0.2, 0.25) is 0 Å². The molecular weight excluding hydrogens is 344 g/mol. The number of nitrogens with one attached hydrogen (secondary N) is 1. The van der Waals surface area contributed by atoms with E-state index >= 15 is 0 Å². The SMILES string of the molecule is Cc1ccc(Br)cc1S(=O)(=O)N(C)CC1CNCCO1. The van der Waals surface area contributed by atoms with Crippen molar-refractivity contribution in [2.24, 2.45) is 0 Å². The summed E-state index contributed by atoms with van der Waals surface area (Å²) in [5.74, 6) is 0. The van der Waals surface area contributed by atoms with Gasteiger partial charge in [-0.1, -0.05) is 22.0 Å². The maximum atomic E-state index is 12.6. The van der Waals surface area contributed by atoms with Crippen molar-refractivity contribution < 1.29 is 13.2 Å². The summed E-state index contributed by atoms with van der Waals surface area (Å²) in [5.41, 5.74) is 0.739. The van der Waals surface area contributed by atoms with Gasteiger partial charge in [0.05, 0.1) is 17.6 Å². The number of hydrogen-bond acceptors (Lipinski definition) is 4. The third-order valence-electron chi connectivity index (χ3n) is 3.30. The first-order valence-electron chi connectivity index (χ1n) is 6.46. The van der Waals surface area contributed by atoms with Gasteiger partial charge in [-0.25, -0.2) is 8.42 Å². The number of nitrogens with zero attached hydrogens (tertiary/aromatic N) is 1. The molecule has 0 bridgehead atoms. The number of sulfonamides is 1. The molecule has 1 unspecified atom stereocenters. The molecule has 1 fully saturated rings. The Morgan fingerprint density at radius 1 is 1.50 bits per heavy atom. The monoisotopic (exact) mass is 362 g/mol. The highest BCUT2D eigenvalue weighted by molar-refractivity contribution is 9.10. The predicted molar refractivity (Wildman–Crippen MR) is 81.3 cm³/mol. The minimum Gasteiger partial charge on any atom is -0.374 e. The first kappa shape index (κ1) is 15.9. The Kier molecular flexibility index (Phi) is 5.19. The first-order valence-corrected chi connectivity index (χ1v) is 8.69. The van der Waals surface area contributed by atoms with Crippen molar-refractivity contribution in [1.82, 2.24) is 9.62 Å². The zero-order valence-electron chi connectivity index (χ0n) is 11.6. The van der Waals surface area contributed by atoms with Crippen LogP contribution in [0, 0.1) is 6.92 Å². The molecule has 0 saturated carbocycles. The number of benzene rings is 1. The molecule has 7 heteroatoms. The molecule has 5 nitrogen and oxygen atoms in total. The van der Waals surface area contributed by atoms with Gasteiger partial charge in [0.15, 0.2) is 0 Å². The lowest BCUT2D eigenvalue weighted by molar-refractivity contribution is 0.0206. The summed E-state index contributed by atoms with van der Waals surface area (Å²) in [6.07, 6.45) is -0.101. The lowest BCUT2D eigenvalue weighted by Gasteiger charge is -2.28. The van der Waals surface area contributed by atoms with Gasteiger partial charge in [0.25, 0.3) is 0 Å². The average Bonchev–Trinajstić information content (AvgIpc) is 2.42. The molecule has 0 amide bonds. The van der Waals surface area contributed by atoms with Gasteiger partial charge < -0.3 is 10.1 Å². The van der Waals surface area contributed by atoms with Gasteiger partial charge in [0.1, 0.15) is 0 Å². The van der Waals surface area contributed by atoms with Gasteiger partial charge >= 0.3 is 0 Å². The topological polar surface area (TPSA) is 58.6 Å². The summed E-state index contributed by atoms with van der Waals surface area (Å²) in [6, 6.07) is 5.27. The second-order valence-corrected chi connectivity index (χ2v) is 7.82. The number of ether oxygens (including phenoxy) is 1. The molecule has 20 heavy (non-hydrogen) atoms. The number of hydrogen-bond donors (Lipinski definition) is 1. The third kappa shape index (κ3) is 3.59. The van der Waals surface area contributed by atoms with E-state index in [1.807, 2.05) is 6.07 Å². The Morgan fingerprint density at radius 3 is 2.90 bits per heavy atom. The highest BCUT2D eigenvalue weighted by atomic mass is 79.9. The molecule has 112 valence electrons. The van der Waals surface area contributed by atoms with Crippen molar-refractivity contribution in [3.8, 4) is 0 Å². The molecule has 1 aliphatic rings. The lowest BCUT2D eigenvalue weighted by Crippen LogP contribution is -2.45. The van der Waals surface area contributed by atoms with Crippen LogP contribution in [0.25, 0.3) is 0 Å². The zero-order valence-corrected chi connectivity index (χ0v) is 14.0. The van der Waals surface area contributed by atoms with Crippen LogP contribution >= 0.6 is 15.9 Å². The maximum absolute atomic E-state index is 12.6.